The molecule has 0 bridgehead atoms. The molecule has 0 aliphatic carbocycles. The summed E-state index contributed by atoms with van der Waals surface area (Å²) >= 11 is 3.22. The molecule has 0 radical (unpaired) electrons. The smallest absolute Gasteiger partial charge is 0.339 e. The van der Waals surface area contributed by atoms with Crippen molar-refractivity contribution >= 4 is 27.6 Å². The second-order valence-electron chi connectivity index (χ2n) is 4.22. The quantitative estimate of drug-likeness (QED) is 0.674. The van der Waals surface area contributed by atoms with E-state index in [1.807, 2.05) is 0 Å². The molecule has 0 unspecified atom stereocenters. The molecule has 0 aliphatic heterocycles. The predicted molar refractivity (Wildman–Crippen MR) is 80.6 cm³/mol. The highest BCUT2D eigenvalue weighted by molar-refractivity contribution is 9.10. The van der Waals surface area contributed by atoms with Gasteiger partial charge in [0, 0.05) is 11.3 Å². The molecular weight excluding hydrogens is 341 g/mol. The lowest BCUT2D eigenvalue weighted by Gasteiger charge is -2.10. The van der Waals surface area contributed by atoms with Crippen molar-refractivity contribution in [3.63, 3.8) is 0 Å². The first kappa shape index (κ1) is 15.3. The number of anilines is 1. The third kappa shape index (κ3) is 3.33. The van der Waals surface area contributed by atoms with E-state index in [2.05, 4.69) is 15.9 Å². The molecule has 0 amide bonds. The maximum Gasteiger partial charge on any atom is 0.339 e. The van der Waals surface area contributed by atoms with Gasteiger partial charge in [0.1, 0.15) is 6.61 Å². The van der Waals surface area contributed by atoms with Crippen LogP contribution in [-0.2, 0) is 11.3 Å². The molecule has 2 aromatic rings. The van der Waals surface area contributed by atoms with E-state index in [0.717, 1.165) is 0 Å². The summed E-state index contributed by atoms with van der Waals surface area (Å²) in [7, 11) is 1.37. The van der Waals surface area contributed by atoms with Crippen LogP contribution < -0.4 is 10.5 Å². The van der Waals surface area contributed by atoms with Crippen molar-refractivity contribution < 1.29 is 18.7 Å². The normalized spacial score (nSPS) is 10.2. The van der Waals surface area contributed by atoms with Crippen LogP contribution in [0.25, 0.3) is 0 Å². The van der Waals surface area contributed by atoms with Gasteiger partial charge in [-0.2, -0.15) is 0 Å². The Morgan fingerprint density at radius 3 is 2.71 bits per heavy atom. The topological polar surface area (TPSA) is 61.5 Å². The van der Waals surface area contributed by atoms with E-state index in [-0.39, 0.29) is 17.9 Å². The van der Waals surface area contributed by atoms with Crippen LogP contribution >= 0.6 is 15.9 Å². The van der Waals surface area contributed by atoms with Gasteiger partial charge in [0.25, 0.3) is 0 Å². The number of ether oxygens (including phenoxy) is 2. The minimum atomic E-state index is -0.587. The summed E-state index contributed by atoms with van der Waals surface area (Å²) in [6, 6.07) is 9.52. The number of esters is 1. The van der Waals surface area contributed by atoms with Gasteiger partial charge < -0.3 is 15.2 Å². The van der Waals surface area contributed by atoms with Crippen molar-refractivity contribution in [2.75, 3.05) is 12.8 Å². The molecule has 4 nitrogen and oxygen atoms in total. The molecule has 0 atom stereocenters. The number of methoxy groups -OCH3 is 1. The number of hydrogen-bond acceptors (Lipinski definition) is 4. The van der Waals surface area contributed by atoms with Crippen molar-refractivity contribution in [2.45, 2.75) is 6.61 Å². The lowest BCUT2D eigenvalue weighted by molar-refractivity contribution is 0.0467. The molecule has 0 fully saturated rings. The molecule has 0 spiro atoms. The lowest BCUT2D eigenvalue weighted by atomic mass is 10.2. The Morgan fingerprint density at radius 2 is 2.00 bits per heavy atom. The number of carbonyl (C=O) groups is 1. The van der Waals surface area contributed by atoms with E-state index in [0.29, 0.717) is 15.7 Å². The molecule has 0 saturated carbocycles. The van der Waals surface area contributed by atoms with Gasteiger partial charge in [-0.1, -0.05) is 18.2 Å². The van der Waals surface area contributed by atoms with Crippen LogP contribution in [0.5, 0.6) is 5.75 Å². The highest BCUT2D eigenvalue weighted by Gasteiger charge is 2.15. The number of benzene rings is 2. The number of carbonyl (C=O) groups excluding carboxylic acids is 1. The molecule has 6 heteroatoms. The molecule has 2 rings (SSSR count). The summed E-state index contributed by atoms with van der Waals surface area (Å²) < 4.78 is 24.4. The average Bonchev–Trinajstić information content (AvgIpc) is 2.48. The first-order valence-electron chi connectivity index (χ1n) is 6.07. The van der Waals surface area contributed by atoms with Crippen LogP contribution in [-0.4, -0.2) is 13.1 Å². The summed E-state index contributed by atoms with van der Waals surface area (Å²) in [6.45, 7) is -0.191. The number of nitrogens with two attached hydrogens (primary N) is 1. The van der Waals surface area contributed by atoms with Crippen molar-refractivity contribution in [3.05, 3.63) is 57.8 Å². The summed E-state index contributed by atoms with van der Waals surface area (Å²) in [5.41, 5.74) is 6.65. The standard InChI is InChI=1S/C15H13BrFNO3/c1-20-12-7-2-4-9(14(12)17)8-21-15(19)10-5-3-6-11(18)13(10)16/h2-7H,8,18H2,1H3. The van der Waals surface area contributed by atoms with Gasteiger partial charge in [0.15, 0.2) is 11.6 Å². The number of nitrogen functional groups attached to an aromatic ring is 1. The van der Waals surface area contributed by atoms with Gasteiger partial charge in [-0.25, -0.2) is 9.18 Å². The van der Waals surface area contributed by atoms with E-state index in [4.69, 9.17) is 15.2 Å². The Bertz CT molecular complexity index is 676. The van der Waals surface area contributed by atoms with E-state index in [1.54, 1.807) is 24.3 Å². The Kier molecular flexibility index (Phi) is 4.80. The Labute approximate surface area is 129 Å². The Hall–Kier alpha value is -2.08. The SMILES string of the molecule is COc1cccc(COC(=O)c2cccc(N)c2Br)c1F. The molecule has 2 N–H and O–H groups in total. The van der Waals surface area contributed by atoms with Gasteiger partial charge in [-0.05, 0) is 34.1 Å². The lowest BCUT2D eigenvalue weighted by Crippen LogP contribution is -2.08. The minimum Gasteiger partial charge on any atom is -0.494 e. The second-order valence-corrected chi connectivity index (χ2v) is 5.01. The van der Waals surface area contributed by atoms with E-state index in [1.165, 1.54) is 19.2 Å². The third-order valence-corrected chi connectivity index (χ3v) is 3.76. The number of rotatable bonds is 4. The fourth-order valence-electron chi connectivity index (χ4n) is 1.75. The second kappa shape index (κ2) is 6.58. The zero-order chi connectivity index (χ0) is 15.4. The molecule has 110 valence electrons. The van der Waals surface area contributed by atoms with Crippen LogP contribution in [0.2, 0.25) is 0 Å². The van der Waals surface area contributed by atoms with E-state index < -0.39 is 11.8 Å². The Balaban J connectivity index is 2.13. The number of halogens is 2. The molecule has 0 aromatic heterocycles. The van der Waals surface area contributed by atoms with Crippen molar-refractivity contribution in [1.82, 2.24) is 0 Å². The first-order chi connectivity index (χ1) is 10.0. The van der Waals surface area contributed by atoms with E-state index in [9.17, 15) is 9.18 Å². The molecule has 0 heterocycles. The summed E-state index contributed by atoms with van der Waals surface area (Å²) in [4.78, 5) is 12.0. The molecular formula is C15H13BrFNO3. The fourth-order valence-corrected chi connectivity index (χ4v) is 2.18. The first-order valence-corrected chi connectivity index (χ1v) is 6.86. The highest BCUT2D eigenvalue weighted by atomic mass is 79.9. The zero-order valence-corrected chi connectivity index (χ0v) is 12.8. The van der Waals surface area contributed by atoms with Crippen LogP contribution in [0, 0.1) is 5.82 Å². The van der Waals surface area contributed by atoms with Crippen LogP contribution in [0.3, 0.4) is 0 Å². The van der Waals surface area contributed by atoms with Crippen molar-refractivity contribution in [3.8, 4) is 5.75 Å². The van der Waals surface area contributed by atoms with Gasteiger partial charge in [-0.15, -0.1) is 0 Å². The zero-order valence-electron chi connectivity index (χ0n) is 11.2. The van der Waals surface area contributed by atoms with Crippen LogP contribution in [0.4, 0.5) is 10.1 Å². The largest absolute Gasteiger partial charge is 0.494 e. The van der Waals surface area contributed by atoms with E-state index >= 15 is 0 Å². The van der Waals surface area contributed by atoms with Crippen LogP contribution in [0.1, 0.15) is 15.9 Å². The van der Waals surface area contributed by atoms with Crippen molar-refractivity contribution in [1.29, 1.82) is 0 Å². The minimum absolute atomic E-state index is 0.105. The van der Waals surface area contributed by atoms with Gasteiger partial charge in [0.2, 0.25) is 0 Å². The third-order valence-electron chi connectivity index (χ3n) is 2.87. The summed E-state index contributed by atoms with van der Waals surface area (Å²) in [6.07, 6.45) is 0. The maximum absolute atomic E-state index is 13.9. The molecule has 0 aliphatic rings. The summed E-state index contributed by atoms with van der Waals surface area (Å²) in [5.74, 6) is -1.02. The number of hydrogen-bond donors (Lipinski definition) is 1. The monoisotopic (exact) mass is 353 g/mol. The van der Waals surface area contributed by atoms with Gasteiger partial charge >= 0.3 is 5.97 Å². The van der Waals surface area contributed by atoms with Gasteiger partial charge in [0.05, 0.1) is 17.1 Å². The van der Waals surface area contributed by atoms with Gasteiger partial charge in [-0.3, -0.25) is 0 Å². The summed E-state index contributed by atoms with van der Waals surface area (Å²) in [5, 5.41) is 0. The Morgan fingerprint density at radius 1 is 1.29 bits per heavy atom. The molecule has 0 saturated heterocycles. The predicted octanol–water partition coefficient (Wildman–Crippen LogP) is 3.54. The molecule has 21 heavy (non-hydrogen) atoms. The fraction of sp³-hybridized carbons (Fsp3) is 0.133. The molecule has 2 aromatic carbocycles. The van der Waals surface area contributed by atoms with Crippen molar-refractivity contribution in [2.24, 2.45) is 0 Å². The van der Waals surface area contributed by atoms with Crippen LogP contribution in [0.15, 0.2) is 40.9 Å². The maximum atomic E-state index is 13.9. The highest BCUT2D eigenvalue weighted by Crippen LogP contribution is 2.25. The average molecular weight is 354 g/mol.